The van der Waals surface area contributed by atoms with E-state index in [0.717, 1.165) is 19.1 Å². The van der Waals surface area contributed by atoms with E-state index in [1.807, 2.05) is 0 Å². The van der Waals surface area contributed by atoms with Crippen LogP contribution in [0.4, 0.5) is 5.69 Å². The van der Waals surface area contributed by atoms with E-state index in [4.69, 9.17) is 5.73 Å². The highest BCUT2D eigenvalue weighted by Crippen LogP contribution is 2.28. The van der Waals surface area contributed by atoms with Gasteiger partial charge in [-0.1, -0.05) is 18.2 Å². The molecule has 3 heteroatoms. The second-order valence-electron chi connectivity index (χ2n) is 5.53. The Morgan fingerprint density at radius 1 is 1.22 bits per heavy atom. The molecule has 2 rings (SSSR count). The van der Waals surface area contributed by atoms with E-state index >= 15 is 0 Å². The van der Waals surface area contributed by atoms with Crippen LogP contribution >= 0.6 is 0 Å². The Morgan fingerprint density at radius 2 is 1.83 bits per heavy atom. The van der Waals surface area contributed by atoms with E-state index in [-0.39, 0.29) is 6.04 Å². The SMILES string of the molecule is C[C@@H](N)c1ccccc1N1CCC(N(C)C)CC1. The maximum atomic E-state index is 6.06. The summed E-state index contributed by atoms with van der Waals surface area (Å²) in [4.78, 5) is 4.83. The summed E-state index contributed by atoms with van der Waals surface area (Å²) >= 11 is 0. The zero-order chi connectivity index (χ0) is 13.1. The molecule has 0 saturated carbocycles. The molecule has 1 aromatic rings. The van der Waals surface area contributed by atoms with E-state index in [0.29, 0.717) is 0 Å². The number of anilines is 1. The van der Waals surface area contributed by atoms with Crippen molar-refractivity contribution in [3.05, 3.63) is 29.8 Å². The lowest BCUT2D eigenvalue weighted by Gasteiger charge is -2.37. The fourth-order valence-electron chi connectivity index (χ4n) is 2.78. The predicted molar refractivity (Wildman–Crippen MR) is 78.0 cm³/mol. The van der Waals surface area contributed by atoms with Crippen LogP contribution in [0.25, 0.3) is 0 Å². The number of benzene rings is 1. The van der Waals surface area contributed by atoms with Crippen molar-refractivity contribution in [2.45, 2.75) is 31.8 Å². The van der Waals surface area contributed by atoms with Crippen LogP contribution < -0.4 is 10.6 Å². The van der Waals surface area contributed by atoms with Crippen LogP contribution in [0.1, 0.15) is 31.4 Å². The molecule has 1 atom stereocenters. The summed E-state index contributed by atoms with van der Waals surface area (Å²) < 4.78 is 0. The summed E-state index contributed by atoms with van der Waals surface area (Å²) in [7, 11) is 4.35. The van der Waals surface area contributed by atoms with Crippen molar-refractivity contribution in [3.63, 3.8) is 0 Å². The molecule has 1 aromatic carbocycles. The van der Waals surface area contributed by atoms with Gasteiger partial charge in [0, 0.05) is 30.9 Å². The van der Waals surface area contributed by atoms with Crippen molar-refractivity contribution in [2.75, 3.05) is 32.1 Å². The van der Waals surface area contributed by atoms with Gasteiger partial charge < -0.3 is 15.5 Å². The number of hydrogen-bond acceptors (Lipinski definition) is 3. The minimum absolute atomic E-state index is 0.104. The highest BCUT2D eigenvalue weighted by molar-refractivity contribution is 5.55. The van der Waals surface area contributed by atoms with Crippen LogP contribution in [0.5, 0.6) is 0 Å². The van der Waals surface area contributed by atoms with E-state index in [1.165, 1.54) is 24.1 Å². The first-order chi connectivity index (χ1) is 8.59. The van der Waals surface area contributed by atoms with Crippen LogP contribution in [0.2, 0.25) is 0 Å². The molecule has 2 N–H and O–H groups in total. The molecule has 0 aromatic heterocycles. The molecule has 3 nitrogen and oxygen atoms in total. The summed E-state index contributed by atoms with van der Waals surface area (Å²) in [6.07, 6.45) is 2.47. The van der Waals surface area contributed by atoms with Crippen LogP contribution in [0, 0.1) is 0 Å². The topological polar surface area (TPSA) is 32.5 Å². The van der Waals surface area contributed by atoms with Gasteiger partial charge in [-0.25, -0.2) is 0 Å². The summed E-state index contributed by atoms with van der Waals surface area (Å²) in [5, 5.41) is 0. The molecular weight excluding hydrogens is 222 g/mol. The largest absolute Gasteiger partial charge is 0.371 e. The number of nitrogens with zero attached hydrogens (tertiary/aromatic N) is 2. The lowest BCUT2D eigenvalue weighted by atomic mass is 10.0. The van der Waals surface area contributed by atoms with Gasteiger partial charge in [-0.2, -0.15) is 0 Å². The molecular formula is C15H25N3. The van der Waals surface area contributed by atoms with E-state index in [1.54, 1.807) is 0 Å². The van der Waals surface area contributed by atoms with Crippen molar-refractivity contribution in [1.82, 2.24) is 4.90 Å². The molecule has 18 heavy (non-hydrogen) atoms. The molecule has 0 aliphatic carbocycles. The normalized spacial score (nSPS) is 19.3. The molecule has 1 aliphatic heterocycles. The average molecular weight is 247 g/mol. The van der Waals surface area contributed by atoms with Crippen molar-refractivity contribution >= 4 is 5.69 Å². The standard InChI is InChI=1S/C15H25N3/c1-12(16)14-6-4-5-7-15(14)18-10-8-13(9-11-18)17(2)3/h4-7,12-13H,8-11,16H2,1-3H3/t12-/m1/s1. The third-order valence-corrected chi connectivity index (χ3v) is 3.96. The number of piperidine rings is 1. The first-order valence-corrected chi connectivity index (χ1v) is 6.85. The lowest BCUT2D eigenvalue weighted by Crippen LogP contribution is -2.42. The smallest absolute Gasteiger partial charge is 0.0414 e. The number of nitrogens with two attached hydrogens (primary N) is 1. The number of hydrogen-bond donors (Lipinski definition) is 1. The second kappa shape index (κ2) is 5.72. The van der Waals surface area contributed by atoms with E-state index in [2.05, 4.69) is 55.1 Å². The van der Waals surface area contributed by atoms with Crippen LogP contribution in [-0.4, -0.2) is 38.1 Å². The van der Waals surface area contributed by atoms with Gasteiger partial charge in [-0.3, -0.25) is 0 Å². The fourth-order valence-corrected chi connectivity index (χ4v) is 2.78. The minimum atomic E-state index is 0.104. The van der Waals surface area contributed by atoms with E-state index < -0.39 is 0 Å². The first kappa shape index (κ1) is 13.4. The number of para-hydroxylation sites is 1. The van der Waals surface area contributed by atoms with Crippen molar-refractivity contribution in [2.24, 2.45) is 5.73 Å². The van der Waals surface area contributed by atoms with Gasteiger partial charge in [0.1, 0.15) is 0 Å². The highest BCUT2D eigenvalue weighted by Gasteiger charge is 2.22. The van der Waals surface area contributed by atoms with Gasteiger partial charge in [-0.05, 0) is 45.5 Å². The Kier molecular flexibility index (Phi) is 4.25. The zero-order valence-electron chi connectivity index (χ0n) is 11.8. The summed E-state index contributed by atoms with van der Waals surface area (Å²) in [5.74, 6) is 0. The Balaban J connectivity index is 2.10. The Bertz CT molecular complexity index is 379. The van der Waals surface area contributed by atoms with Gasteiger partial charge >= 0.3 is 0 Å². The second-order valence-corrected chi connectivity index (χ2v) is 5.53. The molecule has 0 spiro atoms. The highest BCUT2D eigenvalue weighted by atomic mass is 15.2. The lowest BCUT2D eigenvalue weighted by molar-refractivity contribution is 0.249. The van der Waals surface area contributed by atoms with Crippen LogP contribution in [-0.2, 0) is 0 Å². The average Bonchev–Trinajstić information content (AvgIpc) is 2.39. The van der Waals surface area contributed by atoms with Gasteiger partial charge in [0.05, 0.1) is 0 Å². The third-order valence-electron chi connectivity index (χ3n) is 3.96. The Labute approximate surface area is 111 Å². The quantitative estimate of drug-likeness (QED) is 0.889. The minimum Gasteiger partial charge on any atom is -0.371 e. The third kappa shape index (κ3) is 2.85. The molecule has 0 bridgehead atoms. The zero-order valence-corrected chi connectivity index (χ0v) is 11.8. The van der Waals surface area contributed by atoms with Gasteiger partial charge in [-0.15, -0.1) is 0 Å². The maximum absolute atomic E-state index is 6.06. The first-order valence-electron chi connectivity index (χ1n) is 6.85. The summed E-state index contributed by atoms with van der Waals surface area (Å²) in [6.45, 7) is 4.32. The molecule has 1 saturated heterocycles. The van der Waals surface area contributed by atoms with Gasteiger partial charge in [0.25, 0.3) is 0 Å². The van der Waals surface area contributed by atoms with Crippen molar-refractivity contribution in [1.29, 1.82) is 0 Å². The van der Waals surface area contributed by atoms with Gasteiger partial charge in [0.2, 0.25) is 0 Å². The molecule has 0 amide bonds. The Morgan fingerprint density at radius 3 is 2.39 bits per heavy atom. The Hall–Kier alpha value is -1.06. The van der Waals surface area contributed by atoms with Crippen molar-refractivity contribution in [3.8, 4) is 0 Å². The summed E-state index contributed by atoms with van der Waals surface area (Å²) in [5.41, 5.74) is 8.65. The van der Waals surface area contributed by atoms with E-state index in [9.17, 15) is 0 Å². The molecule has 1 fully saturated rings. The van der Waals surface area contributed by atoms with Crippen LogP contribution in [0.15, 0.2) is 24.3 Å². The molecule has 100 valence electrons. The van der Waals surface area contributed by atoms with Crippen molar-refractivity contribution < 1.29 is 0 Å². The molecule has 0 unspecified atom stereocenters. The van der Waals surface area contributed by atoms with Crippen LogP contribution in [0.3, 0.4) is 0 Å². The predicted octanol–water partition coefficient (Wildman–Crippen LogP) is 2.24. The molecule has 0 radical (unpaired) electrons. The summed E-state index contributed by atoms with van der Waals surface area (Å²) in [6, 6.07) is 9.37. The number of rotatable bonds is 3. The maximum Gasteiger partial charge on any atom is 0.0414 e. The molecule has 1 heterocycles. The van der Waals surface area contributed by atoms with Gasteiger partial charge in [0.15, 0.2) is 0 Å². The fraction of sp³-hybridized carbons (Fsp3) is 0.600. The molecule has 1 aliphatic rings. The monoisotopic (exact) mass is 247 g/mol.